The van der Waals surface area contributed by atoms with Crippen LogP contribution >= 0.6 is 0 Å². The van der Waals surface area contributed by atoms with E-state index in [4.69, 9.17) is 4.74 Å². The Hall–Kier alpha value is -1.88. The molecule has 5 heteroatoms. The average Bonchev–Trinajstić information content (AvgIpc) is 2.85. The van der Waals surface area contributed by atoms with Crippen molar-refractivity contribution in [3.05, 3.63) is 30.1 Å². The predicted octanol–water partition coefficient (Wildman–Crippen LogP) is 1.66. The topological polar surface area (TPSA) is 56.2 Å². The molecule has 1 aliphatic rings. The first-order valence-corrected chi connectivity index (χ1v) is 7.51. The molecule has 3 rings (SSSR count). The van der Waals surface area contributed by atoms with Crippen LogP contribution in [0.2, 0.25) is 0 Å². The van der Waals surface area contributed by atoms with E-state index in [-0.39, 0.29) is 11.8 Å². The maximum absolute atomic E-state index is 12.1. The fraction of sp³-hybridized carbons (Fsp3) is 0.500. The molecule has 1 aromatic heterocycles. The number of nitrogens with one attached hydrogen (secondary N) is 1. The van der Waals surface area contributed by atoms with Gasteiger partial charge in [0.1, 0.15) is 5.82 Å². The Morgan fingerprint density at radius 2 is 2.14 bits per heavy atom. The molecule has 5 nitrogen and oxygen atoms in total. The molecule has 0 spiro atoms. The summed E-state index contributed by atoms with van der Waals surface area (Å²) in [6, 6.07) is 8.08. The van der Waals surface area contributed by atoms with Crippen LogP contribution in [0.25, 0.3) is 11.0 Å². The molecule has 0 atom stereocenters. The van der Waals surface area contributed by atoms with Crippen molar-refractivity contribution in [3.8, 4) is 0 Å². The van der Waals surface area contributed by atoms with Gasteiger partial charge in [0, 0.05) is 39.1 Å². The lowest BCUT2D eigenvalue weighted by Gasteiger charge is -2.21. The van der Waals surface area contributed by atoms with Crippen molar-refractivity contribution < 1.29 is 9.53 Å². The van der Waals surface area contributed by atoms with Gasteiger partial charge in [-0.15, -0.1) is 0 Å². The number of fused-ring (bicyclic) bond motifs is 1. The third kappa shape index (κ3) is 3.08. The highest BCUT2D eigenvalue weighted by Crippen LogP contribution is 2.15. The van der Waals surface area contributed by atoms with Crippen molar-refractivity contribution in [2.75, 3.05) is 19.8 Å². The zero-order valence-electron chi connectivity index (χ0n) is 12.3. The number of imidazole rings is 1. The molecule has 2 aromatic rings. The summed E-state index contributed by atoms with van der Waals surface area (Å²) < 4.78 is 7.37. The number of ether oxygens (including phenoxy) is 1. The third-order valence-corrected chi connectivity index (χ3v) is 4.12. The SMILES string of the molecule is Cn1c(CCNC(=O)C2CCOCC2)nc2ccccc21. The van der Waals surface area contributed by atoms with E-state index in [2.05, 4.69) is 20.9 Å². The molecule has 0 radical (unpaired) electrons. The maximum Gasteiger partial charge on any atom is 0.223 e. The summed E-state index contributed by atoms with van der Waals surface area (Å²) in [7, 11) is 2.02. The first-order valence-electron chi connectivity index (χ1n) is 7.51. The molecule has 0 bridgehead atoms. The molecule has 2 heterocycles. The van der Waals surface area contributed by atoms with Crippen LogP contribution in [0.4, 0.5) is 0 Å². The van der Waals surface area contributed by atoms with Gasteiger partial charge in [-0.1, -0.05) is 12.1 Å². The molecule has 1 fully saturated rings. The smallest absolute Gasteiger partial charge is 0.223 e. The fourth-order valence-electron chi connectivity index (χ4n) is 2.82. The van der Waals surface area contributed by atoms with Gasteiger partial charge in [0.2, 0.25) is 5.91 Å². The standard InChI is InChI=1S/C16H21N3O2/c1-19-14-5-3-2-4-13(14)18-15(19)6-9-17-16(20)12-7-10-21-11-8-12/h2-5,12H,6-11H2,1H3,(H,17,20). The Morgan fingerprint density at radius 3 is 2.90 bits per heavy atom. The number of hydrogen-bond acceptors (Lipinski definition) is 3. The van der Waals surface area contributed by atoms with Gasteiger partial charge in [-0.05, 0) is 25.0 Å². The van der Waals surface area contributed by atoms with Crippen LogP contribution in [-0.2, 0) is 23.0 Å². The van der Waals surface area contributed by atoms with Gasteiger partial charge in [0.25, 0.3) is 0 Å². The molecular formula is C16H21N3O2. The van der Waals surface area contributed by atoms with Gasteiger partial charge < -0.3 is 14.6 Å². The Bertz CT molecular complexity index is 629. The minimum Gasteiger partial charge on any atom is -0.381 e. The highest BCUT2D eigenvalue weighted by molar-refractivity contribution is 5.78. The highest BCUT2D eigenvalue weighted by Gasteiger charge is 2.21. The number of carbonyl (C=O) groups is 1. The Balaban J connectivity index is 1.56. The van der Waals surface area contributed by atoms with Crippen LogP contribution in [0.15, 0.2) is 24.3 Å². The number of carbonyl (C=O) groups excluding carboxylic acids is 1. The van der Waals surface area contributed by atoms with E-state index in [1.165, 1.54) is 0 Å². The lowest BCUT2D eigenvalue weighted by atomic mass is 9.99. The van der Waals surface area contributed by atoms with Crippen LogP contribution in [0, 0.1) is 5.92 Å². The minimum atomic E-state index is 0.110. The lowest BCUT2D eigenvalue weighted by Crippen LogP contribution is -2.35. The molecule has 1 aliphatic heterocycles. The zero-order valence-corrected chi connectivity index (χ0v) is 12.3. The summed E-state index contributed by atoms with van der Waals surface area (Å²) in [5.74, 6) is 1.26. The van der Waals surface area contributed by atoms with E-state index in [1.54, 1.807) is 0 Å². The predicted molar refractivity (Wildman–Crippen MR) is 81.0 cm³/mol. The molecular weight excluding hydrogens is 266 g/mol. The highest BCUT2D eigenvalue weighted by atomic mass is 16.5. The first kappa shape index (κ1) is 14.1. The normalized spacial score (nSPS) is 16.2. The first-order chi connectivity index (χ1) is 10.3. The summed E-state index contributed by atoms with van der Waals surface area (Å²) in [6.07, 6.45) is 2.41. The lowest BCUT2D eigenvalue weighted by molar-refractivity contribution is -0.127. The molecule has 1 N–H and O–H groups in total. The summed E-state index contributed by atoms with van der Waals surface area (Å²) in [6.45, 7) is 2.03. The number of amides is 1. The van der Waals surface area contributed by atoms with Crippen LogP contribution in [-0.4, -0.2) is 35.2 Å². The summed E-state index contributed by atoms with van der Waals surface area (Å²) in [5, 5.41) is 3.02. The Kier molecular flexibility index (Phi) is 4.20. The number of rotatable bonds is 4. The third-order valence-electron chi connectivity index (χ3n) is 4.12. The van der Waals surface area contributed by atoms with Crippen LogP contribution in [0.3, 0.4) is 0 Å². The average molecular weight is 287 g/mol. The second-order valence-electron chi connectivity index (χ2n) is 5.50. The summed E-state index contributed by atoms with van der Waals surface area (Å²) in [4.78, 5) is 16.7. The van der Waals surface area contributed by atoms with E-state index in [0.717, 1.165) is 36.1 Å². The number of hydrogen-bond donors (Lipinski definition) is 1. The summed E-state index contributed by atoms with van der Waals surface area (Å²) in [5.41, 5.74) is 2.13. The number of benzene rings is 1. The van der Waals surface area contributed by atoms with E-state index in [9.17, 15) is 4.79 Å². The van der Waals surface area contributed by atoms with Crippen molar-refractivity contribution in [1.29, 1.82) is 0 Å². The van der Waals surface area contributed by atoms with Gasteiger partial charge in [-0.3, -0.25) is 4.79 Å². The molecule has 0 aliphatic carbocycles. The quantitative estimate of drug-likeness (QED) is 0.930. The number of para-hydroxylation sites is 2. The Labute approximate surface area is 124 Å². The van der Waals surface area contributed by atoms with Gasteiger partial charge in [-0.2, -0.15) is 0 Å². The van der Waals surface area contributed by atoms with Crippen LogP contribution in [0.1, 0.15) is 18.7 Å². The zero-order chi connectivity index (χ0) is 14.7. The minimum absolute atomic E-state index is 0.110. The molecule has 1 amide bonds. The van der Waals surface area contributed by atoms with Crippen molar-refractivity contribution in [2.24, 2.45) is 13.0 Å². The largest absolute Gasteiger partial charge is 0.381 e. The molecule has 0 unspecified atom stereocenters. The van der Waals surface area contributed by atoms with Crippen LogP contribution < -0.4 is 5.32 Å². The molecule has 1 saturated heterocycles. The fourth-order valence-corrected chi connectivity index (χ4v) is 2.82. The van der Waals surface area contributed by atoms with Gasteiger partial charge in [-0.25, -0.2) is 4.98 Å². The number of nitrogens with zero attached hydrogens (tertiary/aromatic N) is 2. The second kappa shape index (κ2) is 6.26. The number of aromatic nitrogens is 2. The molecule has 21 heavy (non-hydrogen) atoms. The molecule has 0 saturated carbocycles. The van der Waals surface area contributed by atoms with E-state index >= 15 is 0 Å². The van der Waals surface area contributed by atoms with E-state index in [1.807, 2.05) is 25.2 Å². The summed E-state index contributed by atoms with van der Waals surface area (Å²) >= 11 is 0. The van der Waals surface area contributed by atoms with E-state index in [0.29, 0.717) is 19.8 Å². The Morgan fingerprint density at radius 1 is 1.38 bits per heavy atom. The van der Waals surface area contributed by atoms with Crippen LogP contribution in [0.5, 0.6) is 0 Å². The van der Waals surface area contributed by atoms with Gasteiger partial charge >= 0.3 is 0 Å². The monoisotopic (exact) mass is 287 g/mol. The van der Waals surface area contributed by atoms with E-state index < -0.39 is 0 Å². The van der Waals surface area contributed by atoms with Gasteiger partial charge in [0.05, 0.1) is 11.0 Å². The van der Waals surface area contributed by atoms with Gasteiger partial charge in [0.15, 0.2) is 0 Å². The molecule has 112 valence electrons. The number of aryl methyl sites for hydroxylation is 1. The van der Waals surface area contributed by atoms with Crippen molar-refractivity contribution >= 4 is 16.9 Å². The van der Waals surface area contributed by atoms with Crippen molar-refractivity contribution in [1.82, 2.24) is 14.9 Å². The maximum atomic E-state index is 12.1. The second-order valence-corrected chi connectivity index (χ2v) is 5.50. The van der Waals surface area contributed by atoms with Crippen molar-refractivity contribution in [3.63, 3.8) is 0 Å². The molecule has 1 aromatic carbocycles. The van der Waals surface area contributed by atoms with Crippen molar-refractivity contribution in [2.45, 2.75) is 19.3 Å².